The number of hydrogen-bond donors (Lipinski definition) is 2. The quantitative estimate of drug-likeness (QED) is 0.793. The van der Waals surface area contributed by atoms with E-state index in [1.54, 1.807) is 12.1 Å². The average molecular weight is 376 g/mol. The Bertz CT molecular complexity index is 854. The Morgan fingerprint density at radius 3 is 2.85 bits per heavy atom. The summed E-state index contributed by atoms with van der Waals surface area (Å²) in [6, 6.07) is 2.42. The van der Waals surface area contributed by atoms with E-state index in [0.29, 0.717) is 30.0 Å². The fourth-order valence-corrected chi connectivity index (χ4v) is 3.17. The van der Waals surface area contributed by atoms with Crippen LogP contribution in [0.1, 0.15) is 29.9 Å². The highest BCUT2D eigenvalue weighted by molar-refractivity contribution is 5.83. The van der Waals surface area contributed by atoms with Crippen LogP contribution < -0.4 is 10.1 Å². The molecule has 2 aromatic rings. The van der Waals surface area contributed by atoms with Crippen LogP contribution in [-0.4, -0.2) is 53.7 Å². The number of fused-ring (bicyclic) bond motifs is 1. The second kappa shape index (κ2) is 7.65. The Morgan fingerprint density at radius 2 is 2.19 bits per heavy atom. The number of urea groups is 1. The number of amides is 2. The third-order valence-corrected chi connectivity index (χ3v) is 4.58. The Labute approximate surface area is 155 Å². The minimum absolute atomic E-state index is 0.296. The molecule has 0 bridgehead atoms. The van der Waals surface area contributed by atoms with Crippen molar-refractivity contribution in [1.82, 2.24) is 20.2 Å². The zero-order valence-electron chi connectivity index (χ0n) is 15.3. The zero-order valence-corrected chi connectivity index (χ0v) is 15.3. The number of nitrogens with zero attached hydrogens (tertiary/aromatic N) is 2. The molecule has 144 valence electrons. The van der Waals surface area contributed by atoms with Crippen molar-refractivity contribution in [3.63, 3.8) is 0 Å². The molecule has 1 aliphatic heterocycles. The van der Waals surface area contributed by atoms with E-state index >= 15 is 0 Å². The molecule has 2 atom stereocenters. The predicted molar refractivity (Wildman–Crippen MR) is 93.8 cm³/mol. The summed E-state index contributed by atoms with van der Waals surface area (Å²) in [5.74, 6) is -0.688. The molecule has 0 aliphatic carbocycles. The van der Waals surface area contributed by atoms with E-state index in [2.05, 4.69) is 20.0 Å². The summed E-state index contributed by atoms with van der Waals surface area (Å²) >= 11 is 0. The third-order valence-electron chi connectivity index (χ3n) is 4.58. The fourth-order valence-electron chi connectivity index (χ4n) is 3.17. The minimum Gasteiger partial charge on any atom is -0.497 e. The summed E-state index contributed by atoms with van der Waals surface area (Å²) in [5, 5.41) is 2.59. The van der Waals surface area contributed by atoms with E-state index in [4.69, 9.17) is 4.74 Å². The van der Waals surface area contributed by atoms with Gasteiger partial charge in [0.1, 0.15) is 23.7 Å². The number of aromatic nitrogens is 2. The van der Waals surface area contributed by atoms with Crippen LogP contribution in [0.5, 0.6) is 5.75 Å². The molecule has 0 saturated heterocycles. The Kier molecular flexibility index (Phi) is 5.29. The minimum atomic E-state index is -0.829. The van der Waals surface area contributed by atoms with Gasteiger partial charge < -0.3 is 24.7 Å². The molecule has 8 nitrogen and oxygen atoms in total. The van der Waals surface area contributed by atoms with Crippen LogP contribution in [0.15, 0.2) is 24.5 Å². The first-order valence-electron chi connectivity index (χ1n) is 8.46. The van der Waals surface area contributed by atoms with Crippen LogP contribution in [0.3, 0.4) is 0 Å². The number of imidazole rings is 1. The molecule has 0 fully saturated rings. The van der Waals surface area contributed by atoms with E-state index in [9.17, 15) is 14.0 Å². The number of esters is 1. The van der Waals surface area contributed by atoms with Gasteiger partial charge in [-0.1, -0.05) is 0 Å². The lowest BCUT2D eigenvalue weighted by Gasteiger charge is -2.35. The summed E-state index contributed by atoms with van der Waals surface area (Å²) in [6.07, 6.45) is 2.07. The molecule has 9 heteroatoms. The summed E-state index contributed by atoms with van der Waals surface area (Å²) < 4.78 is 24.4. The molecule has 0 unspecified atom stereocenters. The lowest BCUT2D eigenvalue weighted by Crippen LogP contribution is -2.50. The first kappa shape index (κ1) is 18.7. The molecule has 2 N–H and O–H groups in total. The molecule has 1 aromatic heterocycles. The maximum Gasteiger partial charge on any atom is 0.328 e. The first-order valence-corrected chi connectivity index (χ1v) is 8.46. The molecule has 2 amide bonds. The molecule has 0 saturated carbocycles. The van der Waals surface area contributed by atoms with E-state index in [0.717, 1.165) is 5.69 Å². The van der Waals surface area contributed by atoms with Gasteiger partial charge in [-0.2, -0.15) is 0 Å². The fraction of sp³-hybridized carbons (Fsp3) is 0.389. The molecular weight excluding hydrogens is 355 g/mol. The van der Waals surface area contributed by atoms with Gasteiger partial charge in [-0.15, -0.1) is 0 Å². The normalized spacial score (nSPS) is 17.0. The number of carbonyl (C=O) groups is 2. The standard InChI is InChI=1S/C18H21FN4O4/c1-10(17(24)27-3)22-18(25)23-7-6-14-15(21-9-20-14)16(23)12-5-4-11(26-2)8-13(12)19/h4-5,8-10,16H,6-7H2,1-3H3,(H,20,21)(H,22,25)/t10-,16-/m1/s1. The molecule has 3 rings (SSSR count). The van der Waals surface area contributed by atoms with Crippen molar-refractivity contribution >= 4 is 12.0 Å². The van der Waals surface area contributed by atoms with Crippen LogP contribution in [0.2, 0.25) is 0 Å². The van der Waals surface area contributed by atoms with E-state index in [1.165, 1.54) is 38.4 Å². The number of ether oxygens (including phenoxy) is 2. The zero-order chi connectivity index (χ0) is 19.6. The Balaban J connectivity index is 1.96. The van der Waals surface area contributed by atoms with Gasteiger partial charge >= 0.3 is 12.0 Å². The average Bonchev–Trinajstić information content (AvgIpc) is 3.15. The maximum absolute atomic E-state index is 14.8. The van der Waals surface area contributed by atoms with Crippen LogP contribution in [-0.2, 0) is 16.0 Å². The largest absolute Gasteiger partial charge is 0.497 e. The lowest BCUT2D eigenvalue weighted by molar-refractivity contribution is -0.142. The molecule has 0 spiro atoms. The van der Waals surface area contributed by atoms with Gasteiger partial charge in [-0.3, -0.25) is 0 Å². The Morgan fingerprint density at radius 1 is 1.41 bits per heavy atom. The van der Waals surface area contributed by atoms with Crippen molar-refractivity contribution in [3.05, 3.63) is 47.3 Å². The van der Waals surface area contributed by atoms with Crippen molar-refractivity contribution in [2.24, 2.45) is 0 Å². The number of methoxy groups -OCH3 is 2. The molecule has 1 aliphatic rings. The number of rotatable bonds is 4. The number of halogens is 1. The van der Waals surface area contributed by atoms with E-state index in [-0.39, 0.29) is 0 Å². The summed E-state index contributed by atoms with van der Waals surface area (Å²) in [5.41, 5.74) is 1.72. The Hall–Kier alpha value is -3.10. The predicted octanol–water partition coefficient (Wildman–Crippen LogP) is 1.78. The van der Waals surface area contributed by atoms with Gasteiger partial charge in [-0.25, -0.2) is 19.0 Å². The summed E-state index contributed by atoms with van der Waals surface area (Å²) in [6.45, 7) is 1.86. The van der Waals surface area contributed by atoms with Crippen molar-refractivity contribution in [2.45, 2.75) is 25.4 Å². The molecular formula is C18H21FN4O4. The van der Waals surface area contributed by atoms with Crippen molar-refractivity contribution in [2.75, 3.05) is 20.8 Å². The highest BCUT2D eigenvalue weighted by Gasteiger charge is 2.36. The SMILES string of the molecule is COC(=O)[C@@H](C)NC(=O)N1CCc2[nH]cnc2[C@H]1c1ccc(OC)cc1F. The monoisotopic (exact) mass is 376 g/mol. The van der Waals surface area contributed by atoms with Crippen LogP contribution in [0, 0.1) is 5.82 Å². The summed E-state index contributed by atoms with van der Waals surface area (Å²) in [4.78, 5) is 33.2. The van der Waals surface area contributed by atoms with Gasteiger partial charge in [0.25, 0.3) is 0 Å². The number of benzene rings is 1. The number of hydrogen-bond acceptors (Lipinski definition) is 5. The number of aromatic amines is 1. The third kappa shape index (κ3) is 3.57. The molecule has 2 heterocycles. The van der Waals surface area contributed by atoms with Gasteiger partial charge in [0, 0.05) is 30.3 Å². The first-order chi connectivity index (χ1) is 13.0. The highest BCUT2D eigenvalue weighted by Crippen LogP contribution is 2.35. The van der Waals surface area contributed by atoms with E-state index in [1.807, 2.05) is 0 Å². The lowest BCUT2D eigenvalue weighted by atomic mass is 9.95. The number of carbonyl (C=O) groups excluding carboxylic acids is 2. The van der Waals surface area contributed by atoms with E-state index < -0.39 is 29.9 Å². The smallest absolute Gasteiger partial charge is 0.328 e. The number of nitrogens with one attached hydrogen (secondary N) is 2. The molecule has 27 heavy (non-hydrogen) atoms. The van der Waals surface area contributed by atoms with Gasteiger partial charge in [0.2, 0.25) is 0 Å². The number of H-pyrrole nitrogens is 1. The van der Waals surface area contributed by atoms with Crippen LogP contribution >= 0.6 is 0 Å². The van der Waals surface area contributed by atoms with Gasteiger partial charge in [0.05, 0.1) is 26.2 Å². The molecule has 1 aromatic carbocycles. The maximum atomic E-state index is 14.8. The topological polar surface area (TPSA) is 96.6 Å². The van der Waals surface area contributed by atoms with Crippen molar-refractivity contribution in [3.8, 4) is 5.75 Å². The van der Waals surface area contributed by atoms with Crippen LogP contribution in [0.4, 0.5) is 9.18 Å². The summed E-state index contributed by atoms with van der Waals surface area (Å²) in [7, 11) is 2.70. The molecule has 0 radical (unpaired) electrons. The van der Waals surface area contributed by atoms with Crippen molar-refractivity contribution in [1.29, 1.82) is 0 Å². The van der Waals surface area contributed by atoms with Gasteiger partial charge in [-0.05, 0) is 19.1 Å². The van der Waals surface area contributed by atoms with Crippen LogP contribution in [0.25, 0.3) is 0 Å². The second-order valence-corrected chi connectivity index (χ2v) is 6.19. The second-order valence-electron chi connectivity index (χ2n) is 6.19. The van der Waals surface area contributed by atoms with Gasteiger partial charge in [0.15, 0.2) is 0 Å². The highest BCUT2D eigenvalue weighted by atomic mass is 19.1. The van der Waals surface area contributed by atoms with Crippen molar-refractivity contribution < 1.29 is 23.5 Å².